The van der Waals surface area contributed by atoms with Crippen LogP contribution in [0.25, 0.3) is 22.1 Å². The van der Waals surface area contributed by atoms with E-state index in [0.29, 0.717) is 31.5 Å². The van der Waals surface area contributed by atoms with E-state index >= 15 is 0 Å². The van der Waals surface area contributed by atoms with Crippen molar-refractivity contribution in [2.45, 2.75) is 6.92 Å². The Balaban J connectivity index is 1.51. The zero-order valence-electron chi connectivity index (χ0n) is 14.6. The minimum Gasteiger partial charge on any atom is -0.441 e. The van der Waals surface area contributed by atoms with Crippen molar-refractivity contribution in [2.24, 2.45) is 0 Å². The second kappa shape index (κ2) is 7.23. The van der Waals surface area contributed by atoms with Crippen LogP contribution in [0.2, 0.25) is 0 Å². The van der Waals surface area contributed by atoms with Crippen molar-refractivity contribution in [3.8, 4) is 11.3 Å². The predicted octanol–water partition coefficient (Wildman–Crippen LogP) is 2.47. The van der Waals surface area contributed by atoms with Gasteiger partial charge in [-0.1, -0.05) is 12.1 Å². The molecule has 26 heavy (non-hydrogen) atoms. The fourth-order valence-electron chi connectivity index (χ4n) is 3.00. The maximum Gasteiger partial charge on any atom is 0.239 e. The number of amides is 1. The number of carbonyl (C=O) groups is 1. The molecule has 0 unspecified atom stereocenters. The normalized spacial score (nSPS) is 15.3. The van der Waals surface area contributed by atoms with Crippen LogP contribution >= 0.6 is 0 Å². The van der Waals surface area contributed by atoms with Gasteiger partial charge < -0.3 is 14.5 Å². The number of hydrogen-bond donors (Lipinski definition) is 1. The van der Waals surface area contributed by atoms with Gasteiger partial charge in [-0.05, 0) is 17.5 Å². The first-order valence-corrected chi connectivity index (χ1v) is 8.60. The maximum absolute atomic E-state index is 12.3. The average molecular weight is 352 g/mol. The summed E-state index contributed by atoms with van der Waals surface area (Å²) in [4.78, 5) is 22.8. The highest BCUT2D eigenvalue weighted by molar-refractivity contribution is 5.94. The average Bonchev–Trinajstić information content (AvgIpc) is 3.08. The summed E-state index contributed by atoms with van der Waals surface area (Å²) >= 11 is 0. The molecular weight excluding hydrogens is 332 g/mol. The minimum atomic E-state index is -0.0687. The molecule has 0 bridgehead atoms. The van der Waals surface area contributed by atoms with Gasteiger partial charge in [-0.15, -0.1) is 0 Å². The summed E-state index contributed by atoms with van der Waals surface area (Å²) in [6, 6.07) is 7.84. The molecule has 4 rings (SSSR count). The number of carbonyl (C=O) groups excluding carboxylic acids is 1. The number of aryl methyl sites for hydroxylation is 1. The third-order valence-electron chi connectivity index (χ3n) is 4.37. The topological polar surface area (TPSA) is 80.5 Å². The van der Waals surface area contributed by atoms with Crippen LogP contribution in [-0.2, 0) is 9.53 Å². The Morgan fingerprint density at radius 1 is 1.15 bits per heavy atom. The molecule has 0 spiro atoms. The molecule has 7 nitrogen and oxygen atoms in total. The van der Waals surface area contributed by atoms with Crippen molar-refractivity contribution < 1.29 is 13.9 Å². The van der Waals surface area contributed by atoms with Gasteiger partial charge in [0.1, 0.15) is 5.82 Å². The van der Waals surface area contributed by atoms with E-state index in [1.165, 1.54) is 0 Å². The molecule has 7 heteroatoms. The second-order valence-corrected chi connectivity index (χ2v) is 6.31. The standard InChI is InChI=1S/C19H20N4O3/c1-13-20-11-17(26-13)14-2-3-15-10-21-18(9-16(15)8-14)22-19(24)12-23-4-6-25-7-5-23/h2-3,8-11H,4-7,12H2,1H3,(H,21,22,24). The molecule has 3 heterocycles. The van der Waals surface area contributed by atoms with E-state index in [2.05, 4.69) is 20.2 Å². The van der Waals surface area contributed by atoms with Gasteiger partial charge in [0.15, 0.2) is 11.7 Å². The van der Waals surface area contributed by atoms with Gasteiger partial charge in [0.05, 0.1) is 26.0 Å². The molecule has 3 aromatic rings. The molecule has 0 saturated carbocycles. The fourth-order valence-corrected chi connectivity index (χ4v) is 3.00. The van der Waals surface area contributed by atoms with Crippen LogP contribution in [0.5, 0.6) is 0 Å². The lowest BCUT2D eigenvalue weighted by atomic mass is 10.1. The van der Waals surface area contributed by atoms with Crippen LogP contribution in [0, 0.1) is 6.92 Å². The van der Waals surface area contributed by atoms with E-state index in [9.17, 15) is 4.79 Å². The summed E-state index contributed by atoms with van der Waals surface area (Å²) in [5.74, 6) is 1.83. The number of rotatable bonds is 4. The van der Waals surface area contributed by atoms with Crippen molar-refractivity contribution in [3.05, 3.63) is 42.5 Å². The number of oxazole rings is 1. The third kappa shape index (κ3) is 3.74. The van der Waals surface area contributed by atoms with Gasteiger partial charge >= 0.3 is 0 Å². The zero-order valence-corrected chi connectivity index (χ0v) is 14.6. The summed E-state index contributed by atoms with van der Waals surface area (Å²) in [6.45, 7) is 5.06. The van der Waals surface area contributed by atoms with Gasteiger partial charge in [0.2, 0.25) is 5.91 Å². The highest BCUT2D eigenvalue weighted by Crippen LogP contribution is 2.26. The van der Waals surface area contributed by atoms with Gasteiger partial charge in [-0.2, -0.15) is 0 Å². The van der Waals surface area contributed by atoms with Gasteiger partial charge in [0, 0.05) is 37.2 Å². The lowest BCUT2D eigenvalue weighted by Crippen LogP contribution is -2.41. The van der Waals surface area contributed by atoms with Crippen molar-refractivity contribution in [1.29, 1.82) is 0 Å². The van der Waals surface area contributed by atoms with Crippen LogP contribution in [0.1, 0.15) is 5.89 Å². The monoisotopic (exact) mass is 352 g/mol. The molecule has 1 N–H and O–H groups in total. The third-order valence-corrected chi connectivity index (χ3v) is 4.37. The van der Waals surface area contributed by atoms with Crippen LogP contribution < -0.4 is 5.32 Å². The number of anilines is 1. The molecule has 0 aliphatic carbocycles. The fraction of sp³-hybridized carbons (Fsp3) is 0.316. The van der Waals surface area contributed by atoms with Gasteiger partial charge in [-0.25, -0.2) is 9.97 Å². The summed E-state index contributed by atoms with van der Waals surface area (Å²) in [7, 11) is 0. The van der Waals surface area contributed by atoms with E-state index in [1.54, 1.807) is 12.4 Å². The Bertz CT molecular complexity index is 931. The number of hydrogen-bond acceptors (Lipinski definition) is 6. The van der Waals surface area contributed by atoms with Gasteiger partial charge in [0.25, 0.3) is 0 Å². The summed E-state index contributed by atoms with van der Waals surface area (Å²) in [5, 5.41) is 4.85. The Labute approximate surface area is 151 Å². The summed E-state index contributed by atoms with van der Waals surface area (Å²) < 4.78 is 10.9. The molecule has 1 fully saturated rings. The Hall–Kier alpha value is -2.77. The van der Waals surface area contributed by atoms with Crippen LogP contribution in [-0.4, -0.2) is 53.6 Å². The van der Waals surface area contributed by atoms with Crippen LogP contribution in [0.3, 0.4) is 0 Å². The lowest BCUT2D eigenvalue weighted by Gasteiger charge is -2.25. The predicted molar refractivity (Wildman–Crippen MR) is 97.9 cm³/mol. The Kier molecular flexibility index (Phi) is 4.64. The number of ether oxygens (including phenoxy) is 1. The van der Waals surface area contributed by atoms with E-state index in [4.69, 9.17) is 9.15 Å². The molecule has 134 valence electrons. The van der Waals surface area contributed by atoms with Crippen molar-refractivity contribution in [2.75, 3.05) is 38.2 Å². The smallest absolute Gasteiger partial charge is 0.239 e. The molecule has 1 aliphatic rings. The largest absolute Gasteiger partial charge is 0.441 e. The summed E-state index contributed by atoms with van der Waals surface area (Å²) in [5.41, 5.74) is 0.940. The zero-order chi connectivity index (χ0) is 17.9. The first-order chi connectivity index (χ1) is 12.7. The highest BCUT2D eigenvalue weighted by atomic mass is 16.5. The number of pyridine rings is 1. The minimum absolute atomic E-state index is 0.0687. The van der Waals surface area contributed by atoms with Crippen LogP contribution in [0.15, 0.2) is 41.1 Å². The first kappa shape index (κ1) is 16.7. The van der Waals surface area contributed by atoms with Crippen molar-refractivity contribution in [3.63, 3.8) is 0 Å². The number of nitrogens with zero attached hydrogens (tertiary/aromatic N) is 3. The first-order valence-electron chi connectivity index (χ1n) is 8.60. The number of nitrogens with one attached hydrogen (secondary N) is 1. The van der Waals surface area contributed by atoms with Crippen LogP contribution in [0.4, 0.5) is 5.82 Å². The molecule has 0 radical (unpaired) electrons. The Morgan fingerprint density at radius 2 is 2.00 bits per heavy atom. The highest BCUT2D eigenvalue weighted by Gasteiger charge is 2.14. The molecule has 0 atom stereocenters. The summed E-state index contributed by atoms with van der Waals surface area (Å²) in [6.07, 6.45) is 3.47. The number of morpholine rings is 1. The molecule has 1 aromatic carbocycles. The van der Waals surface area contributed by atoms with E-state index in [0.717, 1.165) is 35.2 Å². The van der Waals surface area contributed by atoms with E-state index < -0.39 is 0 Å². The van der Waals surface area contributed by atoms with Crippen molar-refractivity contribution in [1.82, 2.24) is 14.9 Å². The van der Waals surface area contributed by atoms with Crippen molar-refractivity contribution >= 4 is 22.5 Å². The molecule has 1 amide bonds. The molecule has 2 aromatic heterocycles. The number of benzene rings is 1. The van der Waals surface area contributed by atoms with E-state index in [-0.39, 0.29) is 5.91 Å². The number of aromatic nitrogens is 2. The lowest BCUT2D eigenvalue weighted by molar-refractivity contribution is -0.118. The second-order valence-electron chi connectivity index (χ2n) is 6.31. The maximum atomic E-state index is 12.3. The molecule has 1 aliphatic heterocycles. The molecular formula is C19H20N4O3. The SMILES string of the molecule is Cc1ncc(-c2ccc3cnc(NC(=O)CN4CCOCC4)cc3c2)o1. The van der Waals surface area contributed by atoms with E-state index in [1.807, 2.05) is 31.2 Å². The van der Waals surface area contributed by atoms with Gasteiger partial charge in [-0.3, -0.25) is 9.69 Å². The molecule has 1 saturated heterocycles. The number of fused-ring (bicyclic) bond motifs is 1. The Morgan fingerprint density at radius 3 is 2.77 bits per heavy atom. The quantitative estimate of drug-likeness (QED) is 0.777.